The van der Waals surface area contributed by atoms with E-state index in [4.69, 9.17) is 4.74 Å². The summed E-state index contributed by atoms with van der Waals surface area (Å²) < 4.78 is 5.89. The highest BCUT2D eigenvalue weighted by Gasteiger charge is 2.35. The molecule has 0 aliphatic carbocycles. The summed E-state index contributed by atoms with van der Waals surface area (Å²) in [5, 5.41) is 5.63. The van der Waals surface area contributed by atoms with E-state index in [1.807, 2.05) is 0 Å². The topological polar surface area (TPSA) is 67.4 Å². The molecule has 0 aromatic heterocycles. The fraction of sp³-hybridized carbons (Fsp3) is 0.857. The van der Waals surface area contributed by atoms with Crippen LogP contribution in [0.5, 0.6) is 0 Å². The lowest BCUT2D eigenvalue weighted by Gasteiger charge is -2.40. The summed E-state index contributed by atoms with van der Waals surface area (Å²) in [5.74, 6) is -0.0905. The second kappa shape index (κ2) is 7.88. The summed E-state index contributed by atoms with van der Waals surface area (Å²) in [6.45, 7) is 6.29. The zero-order valence-electron chi connectivity index (χ0n) is 12.6. The van der Waals surface area contributed by atoms with Crippen molar-refractivity contribution >= 4 is 24.4 Å². The molecule has 1 heterocycles. The smallest absolute Gasteiger partial charge is 0.243 e. The number of nitrogens with one attached hydrogen (secondary N) is 2. The Balaban J connectivity index is 2.58. The number of rotatable bonds is 6. The van der Waals surface area contributed by atoms with Gasteiger partial charge in [-0.15, -0.1) is 0 Å². The van der Waals surface area contributed by atoms with Gasteiger partial charge in [0.15, 0.2) is 0 Å². The monoisotopic (exact) mass is 302 g/mol. The molecule has 2 N–H and O–H groups in total. The van der Waals surface area contributed by atoms with Crippen molar-refractivity contribution in [3.05, 3.63) is 0 Å². The molecule has 2 amide bonds. The van der Waals surface area contributed by atoms with E-state index in [2.05, 4.69) is 37.1 Å². The van der Waals surface area contributed by atoms with E-state index in [1.54, 1.807) is 0 Å². The Labute approximate surface area is 126 Å². The second-order valence-electron chi connectivity index (χ2n) is 5.37. The van der Waals surface area contributed by atoms with Crippen molar-refractivity contribution in [3.8, 4) is 0 Å². The zero-order valence-corrected chi connectivity index (χ0v) is 13.5. The van der Waals surface area contributed by atoms with E-state index in [-0.39, 0.29) is 23.5 Å². The first-order valence-corrected chi connectivity index (χ1v) is 7.92. The summed E-state index contributed by atoms with van der Waals surface area (Å²) in [6.07, 6.45) is 3.52. The SMILES string of the molecule is CCC1(CC)CC(NC(=O)C(CS)NC(C)=O)CCO1. The van der Waals surface area contributed by atoms with Crippen LogP contribution in [0.25, 0.3) is 0 Å². The van der Waals surface area contributed by atoms with Crippen LogP contribution in [-0.2, 0) is 14.3 Å². The Morgan fingerprint density at radius 2 is 2.05 bits per heavy atom. The number of carbonyl (C=O) groups excluding carboxylic acids is 2. The molecule has 1 saturated heterocycles. The average molecular weight is 302 g/mol. The van der Waals surface area contributed by atoms with Crippen molar-refractivity contribution in [2.75, 3.05) is 12.4 Å². The van der Waals surface area contributed by atoms with Crippen LogP contribution >= 0.6 is 12.6 Å². The minimum absolute atomic E-state index is 0.104. The van der Waals surface area contributed by atoms with Gasteiger partial charge in [0.2, 0.25) is 11.8 Å². The molecule has 1 rings (SSSR count). The molecule has 0 saturated carbocycles. The van der Waals surface area contributed by atoms with E-state index in [0.29, 0.717) is 12.4 Å². The molecule has 0 bridgehead atoms. The quantitative estimate of drug-likeness (QED) is 0.647. The van der Waals surface area contributed by atoms with Crippen LogP contribution in [0.2, 0.25) is 0 Å². The summed E-state index contributed by atoms with van der Waals surface area (Å²) in [5.41, 5.74) is -0.124. The number of ether oxygens (including phenoxy) is 1. The Kier molecular flexibility index (Phi) is 6.82. The maximum absolute atomic E-state index is 12.2. The Morgan fingerprint density at radius 3 is 2.55 bits per heavy atom. The normalized spacial score (nSPS) is 22.9. The first-order valence-electron chi connectivity index (χ1n) is 7.28. The van der Waals surface area contributed by atoms with Crippen molar-refractivity contribution in [1.29, 1.82) is 0 Å². The molecule has 0 aromatic rings. The van der Waals surface area contributed by atoms with Gasteiger partial charge in [-0.25, -0.2) is 0 Å². The van der Waals surface area contributed by atoms with Crippen molar-refractivity contribution in [2.45, 2.75) is 64.1 Å². The Morgan fingerprint density at radius 1 is 1.40 bits per heavy atom. The van der Waals surface area contributed by atoms with Gasteiger partial charge >= 0.3 is 0 Å². The molecule has 0 radical (unpaired) electrons. The maximum Gasteiger partial charge on any atom is 0.243 e. The summed E-state index contributed by atoms with van der Waals surface area (Å²) in [7, 11) is 0. The number of hydrogen-bond donors (Lipinski definition) is 3. The van der Waals surface area contributed by atoms with Crippen LogP contribution in [0, 0.1) is 0 Å². The van der Waals surface area contributed by atoms with Gasteiger partial charge in [0.25, 0.3) is 0 Å². The molecule has 1 aliphatic heterocycles. The van der Waals surface area contributed by atoms with Crippen LogP contribution in [0.4, 0.5) is 0 Å². The van der Waals surface area contributed by atoms with Gasteiger partial charge in [0.1, 0.15) is 6.04 Å². The van der Waals surface area contributed by atoms with Crippen LogP contribution in [0.3, 0.4) is 0 Å². The van der Waals surface area contributed by atoms with Crippen LogP contribution in [0.1, 0.15) is 46.5 Å². The standard InChI is InChI=1S/C14H26N2O3S/c1-4-14(5-2)8-11(6-7-19-14)16-13(18)12(9-20)15-10(3)17/h11-12,20H,4-9H2,1-3H3,(H,15,17)(H,16,18). The fourth-order valence-corrected chi connectivity index (χ4v) is 2.89. The summed E-state index contributed by atoms with van der Waals surface area (Å²) in [4.78, 5) is 23.2. The van der Waals surface area contributed by atoms with Gasteiger partial charge in [-0.05, 0) is 25.7 Å². The lowest BCUT2D eigenvalue weighted by molar-refractivity contribution is -0.130. The molecule has 2 unspecified atom stereocenters. The van der Waals surface area contributed by atoms with Crippen molar-refractivity contribution in [1.82, 2.24) is 10.6 Å². The second-order valence-corrected chi connectivity index (χ2v) is 5.74. The maximum atomic E-state index is 12.2. The van der Waals surface area contributed by atoms with Crippen LogP contribution in [-0.4, -0.2) is 41.9 Å². The number of amides is 2. The largest absolute Gasteiger partial charge is 0.375 e. The van der Waals surface area contributed by atoms with Gasteiger partial charge in [0.05, 0.1) is 5.60 Å². The third-order valence-corrected chi connectivity index (χ3v) is 4.37. The first kappa shape index (κ1) is 17.3. The van der Waals surface area contributed by atoms with Gasteiger partial charge in [0, 0.05) is 25.3 Å². The predicted molar refractivity (Wildman–Crippen MR) is 81.9 cm³/mol. The molecule has 1 fully saturated rings. The minimum atomic E-state index is -0.573. The molecular formula is C14H26N2O3S. The number of carbonyl (C=O) groups is 2. The third-order valence-electron chi connectivity index (χ3n) is 4.00. The van der Waals surface area contributed by atoms with Crippen LogP contribution in [0.15, 0.2) is 0 Å². The van der Waals surface area contributed by atoms with Gasteiger partial charge in [-0.2, -0.15) is 12.6 Å². The Bertz CT molecular complexity index is 345. The third kappa shape index (κ3) is 4.66. The number of thiol groups is 1. The Hall–Kier alpha value is -0.750. The molecule has 5 nitrogen and oxygen atoms in total. The van der Waals surface area contributed by atoms with E-state index < -0.39 is 6.04 Å². The van der Waals surface area contributed by atoms with Gasteiger partial charge < -0.3 is 15.4 Å². The molecular weight excluding hydrogens is 276 g/mol. The highest BCUT2D eigenvalue weighted by Crippen LogP contribution is 2.31. The fourth-order valence-electron chi connectivity index (χ4n) is 2.63. The molecule has 2 atom stereocenters. The van der Waals surface area contributed by atoms with Gasteiger partial charge in [-0.1, -0.05) is 13.8 Å². The first-order chi connectivity index (χ1) is 9.46. The summed E-state index contributed by atoms with van der Waals surface area (Å²) in [6, 6.07) is -0.469. The van der Waals surface area contributed by atoms with E-state index in [0.717, 1.165) is 25.7 Å². The molecule has 1 aliphatic rings. The molecule has 6 heteroatoms. The lowest BCUT2D eigenvalue weighted by Crippen LogP contribution is -2.54. The van der Waals surface area contributed by atoms with E-state index in [1.165, 1.54) is 6.92 Å². The van der Waals surface area contributed by atoms with E-state index >= 15 is 0 Å². The van der Waals surface area contributed by atoms with Crippen molar-refractivity contribution < 1.29 is 14.3 Å². The van der Waals surface area contributed by atoms with Crippen molar-refractivity contribution in [3.63, 3.8) is 0 Å². The highest BCUT2D eigenvalue weighted by molar-refractivity contribution is 7.80. The predicted octanol–water partition coefficient (Wildman–Crippen LogP) is 1.27. The molecule has 0 aromatic carbocycles. The lowest BCUT2D eigenvalue weighted by atomic mass is 9.86. The van der Waals surface area contributed by atoms with Crippen molar-refractivity contribution in [2.24, 2.45) is 0 Å². The average Bonchev–Trinajstić information content (AvgIpc) is 2.44. The van der Waals surface area contributed by atoms with E-state index in [9.17, 15) is 9.59 Å². The minimum Gasteiger partial charge on any atom is -0.375 e. The molecule has 116 valence electrons. The molecule has 0 spiro atoms. The van der Waals surface area contributed by atoms with Gasteiger partial charge in [-0.3, -0.25) is 9.59 Å². The highest BCUT2D eigenvalue weighted by atomic mass is 32.1. The van der Waals surface area contributed by atoms with Crippen LogP contribution < -0.4 is 10.6 Å². The summed E-state index contributed by atoms with van der Waals surface area (Å²) >= 11 is 4.12. The molecule has 20 heavy (non-hydrogen) atoms. The number of hydrogen-bond acceptors (Lipinski definition) is 4. The zero-order chi connectivity index (χ0) is 15.2.